The molecule has 26 heavy (non-hydrogen) atoms. The fourth-order valence-electron chi connectivity index (χ4n) is 2.86. The highest BCUT2D eigenvalue weighted by Crippen LogP contribution is 2.26. The van der Waals surface area contributed by atoms with Crippen LogP contribution in [0.15, 0.2) is 71.5 Å². The number of carbonyl (C=O) groups is 1. The van der Waals surface area contributed by atoms with Crippen molar-refractivity contribution in [1.29, 1.82) is 0 Å². The molecule has 128 valence electrons. The van der Waals surface area contributed by atoms with E-state index in [2.05, 4.69) is 31.2 Å². The quantitative estimate of drug-likeness (QED) is 0.535. The smallest absolute Gasteiger partial charge is 0.256 e. The third-order valence-corrected chi connectivity index (χ3v) is 4.85. The van der Waals surface area contributed by atoms with Gasteiger partial charge in [-0.1, -0.05) is 24.3 Å². The van der Waals surface area contributed by atoms with Crippen LogP contribution in [0.5, 0.6) is 0 Å². The second-order valence-electron chi connectivity index (χ2n) is 5.85. The van der Waals surface area contributed by atoms with Gasteiger partial charge in [0.25, 0.3) is 5.91 Å². The van der Waals surface area contributed by atoms with Gasteiger partial charge in [0.15, 0.2) is 0 Å². The summed E-state index contributed by atoms with van der Waals surface area (Å²) in [7, 11) is 0. The van der Waals surface area contributed by atoms with Gasteiger partial charge in [-0.25, -0.2) is 9.97 Å². The van der Waals surface area contributed by atoms with Gasteiger partial charge in [0, 0.05) is 33.8 Å². The summed E-state index contributed by atoms with van der Waals surface area (Å²) in [5.41, 5.74) is 4.08. The predicted octanol–water partition coefficient (Wildman–Crippen LogP) is 4.72. The van der Waals surface area contributed by atoms with Gasteiger partial charge in [-0.05, 0) is 53.2 Å². The van der Waals surface area contributed by atoms with Crippen LogP contribution in [-0.4, -0.2) is 20.3 Å². The molecule has 1 amide bonds. The highest BCUT2D eigenvalue weighted by atomic mass is 79.9. The molecule has 0 spiro atoms. The van der Waals surface area contributed by atoms with Crippen molar-refractivity contribution in [3.05, 3.63) is 82.7 Å². The van der Waals surface area contributed by atoms with Gasteiger partial charge in [0.05, 0.1) is 11.3 Å². The van der Waals surface area contributed by atoms with E-state index in [1.165, 1.54) is 0 Å². The number of anilines is 1. The maximum Gasteiger partial charge on any atom is 0.256 e. The summed E-state index contributed by atoms with van der Waals surface area (Å²) in [4.78, 5) is 21.4. The van der Waals surface area contributed by atoms with E-state index in [0.717, 1.165) is 21.4 Å². The maximum atomic E-state index is 12.5. The van der Waals surface area contributed by atoms with Gasteiger partial charge in [-0.2, -0.15) is 0 Å². The van der Waals surface area contributed by atoms with Gasteiger partial charge in [-0.15, -0.1) is 0 Å². The number of amides is 1. The van der Waals surface area contributed by atoms with Gasteiger partial charge in [0.2, 0.25) is 5.78 Å². The van der Waals surface area contributed by atoms with E-state index in [4.69, 9.17) is 0 Å². The topological polar surface area (TPSA) is 59.3 Å². The molecule has 0 bridgehead atoms. The average Bonchev–Trinajstić information content (AvgIpc) is 2.99. The summed E-state index contributed by atoms with van der Waals surface area (Å²) in [6, 6.07) is 16.9. The molecule has 0 aliphatic carbocycles. The lowest BCUT2D eigenvalue weighted by molar-refractivity contribution is 0.102. The summed E-state index contributed by atoms with van der Waals surface area (Å²) >= 11 is 3.41. The number of hydrogen-bond donors (Lipinski definition) is 1. The van der Waals surface area contributed by atoms with Gasteiger partial charge >= 0.3 is 0 Å². The zero-order valence-electron chi connectivity index (χ0n) is 14.0. The number of aromatic nitrogens is 3. The first kappa shape index (κ1) is 16.5. The number of benzene rings is 2. The molecule has 0 saturated carbocycles. The number of nitrogens with one attached hydrogen (secondary N) is 1. The lowest BCUT2D eigenvalue weighted by Crippen LogP contribution is -2.12. The van der Waals surface area contributed by atoms with E-state index in [0.29, 0.717) is 17.0 Å². The molecule has 5 nitrogen and oxygen atoms in total. The number of halogens is 1. The second kappa shape index (κ2) is 6.72. The number of aryl methyl sites for hydroxylation is 1. The molecule has 0 atom stereocenters. The van der Waals surface area contributed by atoms with Gasteiger partial charge < -0.3 is 5.32 Å². The Bertz CT molecular complexity index is 1120. The molecule has 2 aromatic carbocycles. The number of imidazole rings is 1. The van der Waals surface area contributed by atoms with E-state index in [9.17, 15) is 4.79 Å². The molecular weight excluding hydrogens is 392 g/mol. The fraction of sp³-hybridized carbons (Fsp3) is 0.0500. The van der Waals surface area contributed by atoms with Crippen molar-refractivity contribution in [1.82, 2.24) is 14.4 Å². The Morgan fingerprint density at radius 1 is 1.12 bits per heavy atom. The van der Waals surface area contributed by atoms with E-state index in [1.54, 1.807) is 12.3 Å². The van der Waals surface area contributed by atoms with Crippen LogP contribution in [-0.2, 0) is 0 Å². The molecule has 1 N–H and O–H groups in total. The second-order valence-corrected chi connectivity index (χ2v) is 6.70. The first-order valence-corrected chi connectivity index (χ1v) is 8.89. The van der Waals surface area contributed by atoms with Crippen molar-refractivity contribution < 1.29 is 4.79 Å². The van der Waals surface area contributed by atoms with Crippen molar-refractivity contribution in [2.24, 2.45) is 0 Å². The molecule has 0 aliphatic rings. The molecular formula is C20H15BrN4O. The van der Waals surface area contributed by atoms with Crippen molar-refractivity contribution in [2.75, 3.05) is 5.32 Å². The molecule has 0 aliphatic heterocycles. The minimum Gasteiger partial charge on any atom is -0.322 e. The maximum absolute atomic E-state index is 12.5. The molecule has 2 heterocycles. The summed E-state index contributed by atoms with van der Waals surface area (Å²) in [5.74, 6) is 0.491. The number of rotatable bonds is 3. The molecule has 6 heteroatoms. The summed E-state index contributed by atoms with van der Waals surface area (Å²) in [5, 5.41) is 2.94. The Balaban J connectivity index is 1.67. The molecule has 0 unspecified atom stereocenters. The normalized spacial score (nSPS) is 10.8. The predicted molar refractivity (Wildman–Crippen MR) is 105 cm³/mol. The summed E-state index contributed by atoms with van der Waals surface area (Å²) < 4.78 is 2.71. The van der Waals surface area contributed by atoms with Crippen LogP contribution >= 0.6 is 15.9 Å². The molecule has 0 radical (unpaired) electrons. The Labute approximate surface area is 158 Å². The molecule has 2 aromatic heterocycles. The molecule has 4 rings (SSSR count). The number of hydrogen-bond acceptors (Lipinski definition) is 3. The Morgan fingerprint density at radius 3 is 2.77 bits per heavy atom. The van der Waals surface area contributed by atoms with Crippen LogP contribution in [0.3, 0.4) is 0 Å². The lowest BCUT2D eigenvalue weighted by Gasteiger charge is -2.08. The molecule has 4 aromatic rings. The van der Waals surface area contributed by atoms with E-state index >= 15 is 0 Å². The van der Waals surface area contributed by atoms with Crippen molar-refractivity contribution in [3.63, 3.8) is 0 Å². The average molecular weight is 407 g/mol. The Hall–Kier alpha value is -2.99. The summed E-state index contributed by atoms with van der Waals surface area (Å²) in [6.45, 7) is 2.00. The SMILES string of the molecule is Cc1c(-c2cccc(NC(=O)c3ccccc3Br)c2)nc2ncccn12. The van der Waals surface area contributed by atoms with Crippen LogP contribution in [0.1, 0.15) is 16.1 Å². The number of fused-ring (bicyclic) bond motifs is 1. The van der Waals surface area contributed by atoms with Crippen molar-refractivity contribution >= 4 is 33.3 Å². The zero-order valence-corrected chi connectivity index (χ0v) is 15.6. The third kappa shape index (κ3) is 2.99. The number of nitrogens with zero attached hydrogens (tertiary/aromatic N) is 3. The largest absolute Gasteiger partial charge is 0.322 e. The zero-order chi connectivity index (χ0) is 18.1. The minimum absolute atomic E-state index is 0.164. The summed E-state index contributed by atoms with van der Waals surface area (Å²) in [6.07, 6.45) is 3.66. The van der Waals surface area contributed by atoms with Crippen molar-refractivity contribution in [3.8, 4) is 11.3 Å². The Kier molecular flexibility index (Phi) is 4.26. The highest BCUT2D eigenvalue weighted by molar-refractivity contribution is 9.10. The van der Waals surface area contributed by atoms with Crippen molar-refractivity contribution in [2.45, 2.75) is 6.92 Å². The first-order chi connectivity index (χ1) is 12.6. The molecule has 0 saturated heterocycles. The van der Waals surface area contributed by atoms with Gasteiger partial charge in [-0.3, -0.25) is 9.20 Å². The first-order valence-electron chi connectivity index (χ1n) is 8.09. The standard InChI is InChI=1S/C20H15BrN4O/c1-13-18(24-20-22-10-5-11-25(13)20)14-6-4-7-15(12-14)23-19(26)16-8-2-3-9-17(16)21/h2-12H,1H3,(H,23,26). The van der Waals surface area contributed by atoms with Gasteiger partial charge in [0.1, 0.15) is 0 Å². The van der Waals surface area contributed by atoms with Crippen LogP contribution in [0.25, 0.3) is 17.0 Å². The lowest BCUT2D eigenvalue weighted by atomic mass is 10.1. The van der Waals surface area contributed by atoms with E-state index < -0.39 is 0 Å². The number of carbonyl (C=O) groups excluding carboxylic acids is 1. The molecule has 0 fully saturated rings. The van der Waals surface area contributed by atoms with E-state index in [1.807, 2.05) is 66.1 Å². The van der Waals surface area contributed by atoms with Crippen LogP contribution in [0, 0.1) is 6.92 Å². The van der Waals surface area contributed by atoms with Crippen LogP contribution in [0.2, 0.25) is 0 Å². The van der Waals surface area contributed by atoms with E-state index in [-0.39, 0.29) is 5.91 Å². The highest BCUT2D eigenvalue weighted by Gasteiger charge is 2.13. The van der Waals surface area contributed by atoms with Crippen LogP contribution < -0.4 is 5.32 Å². The monoisotopic (exact) mass is 406 g/mol. The van der Waals surface area contributed by atoms with Crippen LogP contribution in [0.4, 0.5) is 5.69 Å². The fourth-order valence-corrected chi connectivity index (χ4v) is 3.33. The Morgan fingerprint density at radius 2 is 1.96 bits per heavy atom. The third-order valence-electron chi connectivity index (χ3n) is 4.15. The minimum atomic E-state index is -0.164.